The Morgan fingerprint density at radius 2 is 2.33 bits per heavy atom. The standard InChI is InChI=1S/C10H16BrN3O/c1-2-14-10(8(11)7-13-14)9(15)5-3-4-6-12/h7H,2-6,12H2,1H3. The molecule has 2 N–H and O–H groups in total. The summed E-state index contributed by atoms with van der Waals surface area (Å²) in [6.07, 6.45) is 3.95. The number of nitrogens with two attached hydrogens (primary N) is 1. The molecule has 0 amide bonds. The van der Waals surface area contributed by atoms with Crippen LogP contribution in [-0.4, -0.2) is 22.1 Å². The molecule has 1 aromatic heterocycles. The number of hydrogen-bond donors (Lipinski definition) is 1. The van der Waals surface area contributed by atoms with Crippen molar-refractivity contribution in [1.29, 1.82) is 0 Å². The summed E-state index contributed by atoms with van der Waals surface area (Å²) in [5, 5.41) is 4.11. The highest BCUT2D eigenvalue weighted by atomic mass is 79.9. The minimum atomic E-state index is 0.134. The summed E-state index contributed by atoms with van der Waals surface area (Å²) in [6, 6.07) is 0. The number of rotatable bonds is 6. The van der Waals surface area contributed by atoms with E-state index in [1.165, 1.54) is 0 Å². The van der Waals surface area contributed by atoms with Crippen molar-refractivity contribution < 1.29 is 4.79 Å². The quantitative estimate of drug-likeness (QED) is 0.637. The van der Waals surface area contributed by atoms with Gasteiger partial charge in [0.1, 0.15) is 5.69 Å². The van der Waals surface area contributed by atoms with Crippen LogP contribution in [0.15, 0.2) is 10.7 Å². The topological polar surface area (TPSA) is 60.9 Å². The van der Waals surface area contributed by atoms with Crippen LogP contribution in [0.4, 0.5) is 0 Å². The third kappa shape index (κ3) is 3.14. The van der Waals surface area contributed by atoms with E-state index in [0.29, 0.717) is 25.2 Å². The van der Waals surface area contributed by atoms with Crippen molar-refractivity contribution in [3.05, 3.63) is 16.4 Å². The van der Waals surface area contributed by atoms with Crippen molar-refractivity contribution in [1.82, 2.24) is 9.78 Å². The zero-order valence-electron chi connectivity index (χ0n) is 8.87. The van der Waals surface area contributed by atoms with Crippen LogP contribution < -0.4 is 5.73 Å². The molecule has 1 heterocycles. The number of carbonyl (C=O) groups is 1. The van der Waals surface area contributed by atoms with Gasteiger partial charge in [-0.3, -0.25) is 9.48 Å². The highest BCUT2D eigenvalue weighted by Gasteiger charge is 2.15. The Bertz CT molecular complexity index is 335. The first-order chi connectivity index (χ1) is 7.20. The summed E-state index contributed by atoms with van der Waals surface area (Å²) in [6.45, 7) is 3.32. The second-order valence-corrected chi connectivity index (χ2v) is 4.18. The first kappa shape index (κ1) is 12.4. The molecular formula is C10H16BrN3O. The second-order valence-electron chi connectivity index (χ2n) is 3.33. The number of aryl methyl sites for hydroxylation is 1. The van der Waals surface area contributed by atoms with Crippen molar-refractivity contribution in [3.8, 4) is 0 Å². The summed E-state index contributed by atoms with van der Waals surface area (Å²) in [7, 11) is 0. The first-order valence-corrected chi connectivity index (χ1v) is 5.94. The van der Waals surface area contributed by atoms with E-state index in [9.17, 15) is 4.79 Å². The van der Waals surface area contributed by atoms with Gasteiger partial charge in [-0.05, 0) is 42.2 Å². The number of halogens is 1. The van der Waals surface area contributed by atoms with Gasteiger partial charge in [0.05, 0.1) is 10.7 Å². The van der Waals surface area contributed by atoms with E-state index in [0.717, 1.165) is 17.3 Å². The Morgan fingerprint density at radius 3 is 2.93 bits per heavy atom. The smallest absolute Gasteiger partial charge is 0.182 e. The van der Waals surface area contributed by atoms with Crippen molar-refractivity contribution in [2.75, 3.05) is 6.54 Å². The Balaban J connectivity index is 2.67. The largest absolute Gasteiger partial charge is 0.330 e. The first-order valence-electron chi connectivity index (χ1n) is 5.15. The fraction of sp³-hybridized carbons (Fsp3) is 0.600. The lowest BCUT2D eigenvalue weighted by molar-refractivity contribution is 0.0968. The monoisotopic (exact) mass is 273 g/mol. The molecule has 0 spiro atoms. The zero-order valence-corrected chi connectivity index (χ0v) is 10.5. The molecule has 0 atom stereocenters. The number of nitrogens with zero attached hydrogens (tertiary/aromatic N) is 2. The van der Waals surface area contributed by atoms with Crippen LogP contribution in [0, 0.1) is 0 Å². The molecule has 1 rings (SSSR count). The van der Waals surface area contributed by atoms with Crippen LogP contribution in [0.1, 0.15) is 36.7 Å². The zero-order chi connectivity index (χ0) is 11.3. The van der Waals surface area contributed by atoms with Crippen LogP contribution in [0.25, 0.3) is 0 Å². The predicted molar refractivity (Wildman–Crippen MR) is 62.8 cm³/mol. The Hall–Kier alpha value is -0.680. The molecule has 15 heavy (non-hydrogen) atoms. The van der Waals surface area contributed by atoms with E-state index in [-0.39, 0.29) is 5.78 Å². The minimum Gasteiger partial charge on any atom is -0.330 e. The summed E-state index contributed by atoms with van der Waals surface area (Å²) in [5.74, 6) is 0.134. The number of unbranched alkanes of at least 4 members (excludes halogenated alkanes) is 1. The maximum absolute atomic E-state index is 11.8. The number of carbonyl (C=O) groups excluding carboxylic acids is 1. The van der Waals surface area contributed by atoms with E-state index in [1.54, 1.807) is 10.9 Å². The van der Waals surface area contributed by atoms with Crippen molar-refractivity contribution >= 4 is 21.7 Å². The highest BCUT2D eigenvalue weighted by Crippen LogP contribution is 2.18. The Labute approximate surface area is 98.0 Å². The molecule has 5 heteroatoms. The minimum absolute atomic E-state index is 0.134. The molecule has 0 saturated carbocycles. The van der Waals surface area contributed by atoms with E-state index in [4.69, 9.17) is 5.73 Å². The van der Waals surface area contributed by atoms with Crippen LogP contribution in [0.2, 0.25) is 0 Å². The van der Waals surface area contributed by atoms with E-state index >= 15 is 0 Å². The van der Waals surface area contributed by atoms with E-state index < -0.39 is 0 Å². The van der Waals surface area contributed by atoms with Crippen molar-refractivity contribution in [2.24, 2.45) is 5.73 Å². The van der Waals surface area contributed by atoms with Gasteiger partial charge in [0.2, 0.25) is 0 Å². The fourth-order valence-electron chi connectivity index (χ4n) is 1.43. The average Bonchev–Trinajstić information content (AvgIpc) is 2.59. The van der Waals surface area contributed by atoms with Gasteiger partial charge < -0.3 is 5.73 Å². The maximum atomic E-state index is 11.8. The number of aromatic nitrogens is 2. The van der Waals surface area contributed by atoms with E-state index in [2.05, 4.69) is 21.0 Å². The van der Waals surface area contributed by atoms with Gasteiger partial charge in [-0.15, -0.1) is 0 Å². The molecule has 0 fully saturated rings. The molecule has 0 saturated heterocycles. The van der Waals surface area contributed by atoms with Crippen LogP contribution >= 0.6 is 15.9 Å². The van der Waals surface area contributed by atoms with Gasteiger partial charge in [0, 0.05) is 13.0 Å². The third-order valence-corrected chi connectivity index (χ3v) is 2.80. The lowest BCUT2D eigenvalue weighted by Gasteiger charge is -2.04. The van der Waals surface area contributed by atoms with Gasteiger partial charge in [0.15, 0.2) is 5.78 Å². The van der Waals surface area contributed by atoms with Crippen LogP contribution in [0.3, 0.4) is 0 Å². The molecule has 0 aliphatic rings. The van der Waals surface area contributed by atoms with Crippen LogP contribution in [-0.2, 0) is 6.54 Å². The van der Waals surface area contributed by atoms with Crippen LogP contribution in [0.5, 0.6) is 0 Å². The Kier molecular flexibility index (Phi) is 4.98. The molecule has 0 bridgehead atoms. The maximum Gasteiger partial charge on any atom is 0.182 e. The van der Waals surface area contributed by atoms with E-state index in [1.807, 2.05) is 6.92 Å². The second kappa shape index (κ2) is 6.02. The lowest BCUT2D eigenvalue weighted by Crippen LogP contribution is -2.10. The predicted octanol–water partition coefficient (Wildman–Crippen LogP) is 1.98. The highest BCUT2D eigenvalue weighted by molar-refractivity contribution is 9.10. The van der Waals surface area contributed by atoms with Gasteiger partial charge in [-0.25, -0.2) is 0 Å². The lowest BCUT2D eigenvalue weighted by atomic mass is 10.1. The molecule has 0 aliphatic heterocycles. The average molecular weight is 274 g/mol. The molecule has 0 aliphatic carbocycles. The summed E-state index contributed by atoms with van der Waals surface area (Å²) < 4.78 is 2.50. The third-order valence-electron chi connectivity index (χ3n) is 2.22. The van der Waals surface area contributed by atoms with Gasteiger partial charge in [0.25, 0.3) is 0 Å². The number of ketones is 1. The fourth-order valence-corrected chi connectivity index (χ4v) is 1.95. The van der Waals surface area contributed by atoms with Gasteiger partial charge in [-0.2, -0.15) is 5.10 Å². The molecule has 1 aromatic rings. The van der Waals surface area contributed by atoms with Gasteiger partial charge in [-0.1, -0.05) is 0 Å². The molecule has 4 nitrogen and oxygen atoms in total. The summed E-state index contributed by atoms with van der Waals surface area (Å²) in [5.41, 5.74) is 6.06. The molecule has 0 aromatic carbocycles. The SMILES string of the molecule is CCn1ncc(Br)c1C(=O)CCCCN. The molecule has 84 valence electrons. The Morgan fingerprint density at radius 1 is 1.60 bits per heavy atom. The molecular weight excluding hydrogens is 258 g/mol. The van der Waals surface area contributed by atoms with Crippen molar-refractivity contribution in [2.45, 2.75) is 32.7 Å². The molecule has 0 radical (unpaired) electrons. The summed E-state index contributed by atoms with van der Waals surface area (Å²) >= 11 is 3.34. The number of hydrogen-bond acceptors (Lipinski definition) is 3. The summed E-state index contributed by atoms with van der Waals surface area (Å²) in [4.78, 5) is 11.8. The molecule has 0 unspecified atom stereocenters. The van der Waals surface area contributed by atoms with Crippen molar-refractivity contribution in [3.63, 3.8) is 0 Å². The number of Topliss-reactive ketones (excluding diaryl/α,β-unsaturated/α-hetero) is 1. The normalized spacial score (nSPS) is 10.6. The van der Waals surface area contributed by atoms with Gasteiger partial charge >= 0.3 is 0 Å².